The number of nitrogens with zero attached hydrogens (tertiary/aromatic N) is 1. The van der Waals surface area contributed by atoms with Crippen LogP contribution in [0.25, 0.3) is 0 Å². The van der Waals surface area contributed by atoms with E-state index in [-0.39, 0.29) is 4.90 Å². The van der Waals surface area contributed by atoms with Gasteiger partial charge in [0, 0.05) is 0 Å². The Hall–Kier alpha value is -1.34. The molecule has 14 heavy (non-hydrogen) atoms. The second kappa shape index (κ2) is 3.81. The molecule has 0 aliphatic heterocycles. The zero-order chi connectivity index (χ0) is 10.8. The molecule has 0 bridgehead atoms. The maximum Gasteiger partial charge on any atom is 0.191 e. The Kier molecular flexibility index (Phi) is 2.92. The highest BCUT2D eigenvalue weighted by atomic mass is 32.2. The monoisotopic (exact) mass is 209 g/mol. The summed E-state index contributed by atoms with van der Waals surface area (Å²) in [5.74, 6) is -0.463. The van der Waals surface area contributed by atoms with Crippen LogP contribution in [0.5, 0.6) is 0 Å². The molecular formula is C10H11NO2S. The molecule has 1 aromatic carbocycles. The number of hydrogen-bond acceptors (Lipinski definition) is 3. The molecule has 1 rings (SSSR count). The van der Waals surface area contributed by atoms with Gasteiger partial charge >= 0.3 is 0 Å². The molecule has 0 aliphatic carbocycles. The minimum Gasteiger partial charge on any atom is -0.223 e. The predicted molar refractivity (Wildman–Crippen MR) is 53.6 cm³/mol. The van der Waals surface area contributed by atoms with Crippen molar-refractivity contribution in [1.82, 2.24) is 0 Å². The molecule has 0 saturated carbocycles. The van der Waals surface area contributed by atoms with E-state index >= 15 is 0 Å². The van der Waals surface area contributed by atoms with Gasteiger partial charge in [-0.1, -0.05) is 6.07 Å². The molecule has 0 heterocycles. The smallest absolute Gasteiger partial charge is 0.191 e. The molecule has 0 aliphatic rings. The van der Waals surface area contributed by atoms with Crippen LogP contribution in [0.3, 0.4) is 0 Å². The van der Waals surface area contributed by atoms with Gasteiger partial charge in [0.15, 0.2) is 9.84 Å². The van der Waals surface area contributed by atoms with Crippen molar-refractivity contribution in [2.24, 2.45) is 0 Å². The number of sulfone groups is 1. The molecule has 1 aromatic rings. The average Bonchev–Trinajstić information content (AvgIpc) is 2.09. The fourth-order valence-corrected chi connectivity index (χ4v) is 2.04. The molecule has 74 valence electrons. The van der Waals surface area contributed by atoms with Crippen molar-refractivity contribution in [2.45, 2.75) is 18.7 Å². The van der Waals surface area contributed by atoms with Crippen molar-refractivity contribution in [1.29, 1.82) is 5.26 Å². The Morgan fingerprint density at radius 2 is 1.93 bits per heavy atom. The maximum absolute atomic E-state index is 11.5. The summed E-state index contributed by atoms with van der Waals surface area (Å²) in [5.41, 5.74) is 1.96. The van der Waals surface area contributed by atoms with Crippen LogP contribution in [-0.4, -0.2) is 14.2 Å². The van der Waals surface area contributed by atoms with Crippen molar-refractivity contribution in [2.75, 3.05) is 5.75 Å². The van der Waals surface area contributed by atoms with Crippen molar-refractivity contribution < 1.29 is 8.42 Å². The van der Waals surface area contributed by atoms with E-state index in [4.69, 9.17) is 5.26 Å². The molecule has 0 N–H and O–H groups in total. The molecule has 4 heteroatoms. The molecule has 0 fully saturated rings. The first-order chi connectivity index (χ1) is 6.47. The molecule has 0 atom stereocenters. The van der Waals surface area contributed by atoms with Gasteiger partial charge in [0.25, 0.3) is 0 Å². The van der Waals surface area contributed by atoms with Gasteiger partial charge in [-0.2, -0.15) is 5.26 Å². The summed E-state index contributed by atoms with van der Waals surface area (Å²) in [6, 6.07) is 6.54. The molecule has 0 saturated heterocycles. The third kappa shape index (κ3) is 2.12. The third-order valence-electron chi connectivity index (χ3n) is 2.09. The Bertz CT molecular complexity index is 483. The first-order valence-electron chi connectivity index (χ1n) is 4.14. The van der Waals surface area contributed by atoms with Gasteiger partial charge in [0.2, 0.25) is 0 Å². The molecule has 0 unspecified atom stereocenters. The van der Waals surface area contributed by atoms with Crippen LogP contribution in [-0.2, 0) is 9.84 Å². The van der Waals surface area contributed by atoms with Gasteiger partial charge in [-0.3, -0.25) is 0 Å². The van der Waals surface area contributed by atoms with Gasteiger partial charge in [-0.15, -0.1) is 0 Å². The van der Waals surface area contributed by atoms with Crippen LogP contribution in [0.4, 0.5) is 0 Å². The van der Waals surface area contributed by atoms with E-state index in [0.717, 1.165) is 11.1 Å². The second-order valence-electron chi connectivity index (χ2n) is 3.16. The second-order valence-corrected chi connectivity index (χ2v) is 5.15. The summed E-state index contributed by atoms with van der Waals surface area (Å²) < 4.78 is 22.9. The topological polar surface area (TPSA) is 57.9 Å². The summed E-state index contributed by atoms with van der Waals surface area (Å²) in [6.07, 6.45) is 0. The molecule has 0 amide bonds. The molecule has 0 spiro atoms. The highest BCUT2D eigenvalue weighted by molar-refractivity contribution is 7.91. The molecule has 0 aromatic heterocycles. The van der Waals surface area contributed by atoms with Crippen molar-refractivity contribution in [3.05, 3.63) is 29.3 Å². The first-order valence-corrected chi connectivity index (χ1v) is 5.79. The fraction of sp³-hybridized carbons (Fsp3) is 0.300. The standard InChI is InChI=1S/C10H11NO2S/c1-8-3-4-10(7-9(8)2)14(12,13)6-5-11/h3-4,7H,6H2,1-2H3. The minimum atomic E-state index is -3.41. The van der Waals surface area contributed by atoms with E-state index < -0.39 is 15.6 Å². The molecule has 3 nitrogen and oxygen atoms in total. The van der Waals surface area contributed by atoms with Gasteiger partial charge < -0.3 is 0 Å². The Balaban J connectivity index is 3.23. The van der Waals surface area contributed by atoms with E-state index in [2.05, 4.69) is 0 Å². The van der Waals surface area contributed by atoms with Gasteiger partial charge in [-0.05, 0) is 37.1 Å². The Labute approximate surface area is 83.9 Å². The highest BCUT2D eigenvalue weighted by Gasteiger charge is 2.13. The van der Waals surface area contributed by atoms with Crippen LogP contribution < -0.4 is 0 Å². The lowest BCUT2D eigenvalue weighted by Crippen LogP contribution is -2.05. The van der Waals surface area contributed by atoms with Gasteiger partial charge in [0.1, 0.15) is 5.75 Å². The fourth-order valence-electron chi connectivity index (χ4n) is 1.08. The van der Waals surface area contributed by atoms with E-state index in [0.29, 0.717) is 0 Å². The summed E-state index contributed by atoms with van der Waals surface area (Å²) in [4.78, 5) is 0.224. The lowest BCUT2D eigenvalue weighted by molar-refractivity contribution is 0.599. The Morgan fingerprint density at radius 1 is 1.29 bits per heavy atom. The minimum absolute atomic E-state index is 0.224. The number of aryl methyl sites for hydroxylation is 2. The number of hydrogen-bond donors (Lipinski definition) is 0. The summed E-state index contributed by atoms with van der Waals surface area (Å²) >= 11 is 0. The van der Waals surface area contributed by atoms with E-state index in [1.165, 1.54) is 6.07 Å². The normalized spacial score (nSPS) is 10.9. The largest absolute Gasteiger partial charge is 0.223 e. The summed E-state index contributed by atoms with van der Waals surface area (Å²) in [6.45, 7) is 3.76. The van der Waals surface area contributed by atoms with Gasteiger partial charge in [0.05, 0.1) is 11.0 Å². The molecular weight excluding hydrogens is 198 g/mol. The lowest BCUT2D eigenvalue weighted by Gasteiger charge is -2.03. The molecule has 0 radical (unpaired) electrons. The lowest BCUT2D eigenvalue weighted by atomic mass is 10.1. The quantitative estimate of drug-likeness (QED) is 0.743. The van der Waals surface area contributed by atoms with Crippen molar-refractivity contribution >= 4 is 9.84 Å². The zero-order valence-electron chi connectivity index (χ0n) is 8.11. The van der Waals surface area contributed by atoms with Crippen LogP contribution in [0.1, 0.15) is 11.1 Å². The van der Waals surface area contributed by atoms with E-state index in [9.17, 15) is 8.42 Å². The Morgan fingerprint density at radius 3 is 2.43 bits per heavy atom. The number of benzene rings is 1. The van der Waals surface area contributed by atoms with Gasteiger partial charge in [-0.25, -0.2) is 8.42 Å². The first kappa shape index (κ1) is 10.7. The zero-order valence-corrected chi connectivity index (χ0v) is 8.93. The predicted octanol–water partition coefficient (Wildman–Crippen LogP) is 1.60. The average molecular weight is 209 g/mol. The maximum atomic E-state index is 11.5. The summed E-state index contributed by atoms with van der Waals surface area (Å²) in [5, 5.41) is 8.36. The van der Waals surface area contributed by atoms with Crippen LogP contribution in [0, 0.1) is 25.2 Å². The highest BCUT2D eigenvalue weighted by Crippen LogP contribution is 2.15. The van der Waals surface area contributed by atoms with E-state index in [1.807, 2.05) is 13.8 Å². The number of rotatable bonds is 2. The van der Waals surface area contributed by atoms with Crippen LogP contribution >= 0.6 is 0 Å². The van der Waals surface area contributed by atoms with Crippen LogP contribution in [0.2, 0.25) is 0 Å². The van der Waals surface area contributed by atoms with Crippen molar-refractivity contribution in [3.63, 3.8) is 0 Å². The SMILES string of the molecule is Cc1ccc(S(=O)(=O)CC#N)cc1C. The summed E-state index contributed by atoms with van der Waals surface area (Å²) in [7, 11) is -3.41. The number of nitriles is 1. The third-order valence-corrected chi connectivity index (χ3v) is 3.57. The van der Waals surface area contributed by atoms with Crippen molar-refractivity contribution in [3.8, 4) is 6.07 Å². The van der Waals surface area contributed by atoms with Crippen LogP contribution in [0.15, 0.2) is 23.1 Å². The van der Waals surface area contributed by atoms with E-state index in [1.54, 1.807) is 18.2 Å².